The quantitative estimate of drug-likeness (QED) is 0.169. The molecule has 4 amide bonds. The van der Waals surface area contributed by atoms with Crippen LogP contribution in [0.1, 0.15) is 12.8 Å². The Bertz CT molecular complexity index is 577. The van der Waals surface area contributed by atoms with Crippen LogP contribution in [0.2, 0.25) is 0 Å². The number of nitrogens with one attached hydrogen (secondary N) is 2. The van der Waals surface area contributed by atoms with Crippen LogP contribution in [-0.4, -0.2) is 57.3 Å². The van der Waals surface area contributed by atoms with E-state index in [0.29, 0.717) is 0 Å². The number of primary amides is 2. The molecule has 27 heavy (non-hydrogen) atoms. The lowest BCUT2D eigenvalue weighted by Gasteiger charge is -2.19. The number of rotatable bonds is 10. The molecule has 0 aromatic heterocycles. The number of halogens is 4. The van der Waals surface area contributed by atoms with Crippen molar-refractivity contribution in [3.05, 3.63) is 0 Å². The Morgan fingerprint density at radius 1 is 0.704 bits per heavy atom. The second kappa shape index (κ2) is 11.8. The summed E-state index contributed by atoms with van der Waals surface area (Å²) in [6.45, 7) is 0. The van der Waals surface area contributed by atoms with Gasteiger partial charge < -0.3 is 26.8 Å². The molecule has 0 aliphatic rings. The van der Waals surface area contributed by atoms with Crippen LogP contribution in [0, 0.1) is 0 Å². The molecule has 0 aliphatic heterocycles. The predicted molar refractivity (Wildman–Crippen MR) is 93.6 cm³/mol. The van der Waals surface area contributed by atoms with Gasteiger partial charge in [0.15, 0.2) is 9.67 Å². The largest absolute Gasteiger partial charge is 0.390 e. The Balaban J connectivity index is 5.24. The first kappa shape index (κ1) is 25.2. The first-order chi connectivity index (χ1) is 12.3. The average molecular weight is 468 g/mol. The number of esters is 2. The molecule has 0 unspecified atom stereocenters. The van der Waals surface area contributed by atoms with Crippen LogP contribution >= 0.6 is 46.4 Å². The Morgan fingerprint density at radius 3 is 1.22 bits per heavy atom. The van der Waals surface area contributed by atoms with Crippen molar-refractivity contribution in [2.45, 2.75) is 34.6 Å². The molecule has 11 nitrogen and oxygen atoms in total. The molecule has 15 heteroatoms. The number of carbonyl (C=O) groups is 6. The molecule has 0 heterocycles. The van der Waals surface area contributed by atoms with E-state index in [9.17, 15) is 28.8 Å². The van der Waals surface area contributed by atoms with Gasteiger partial charge >= 0.3 is 11.9 Å². The summed E-state index contributed by atoms with van der Waals surface area (Å²) in [5.41, 5.74) is 9.88. The highest BCUT2D eigenvalue weighted by atomic mass is 35.5. The molecule has 6 N–H and O–H groups in total. The van der Waals surface area contributed by atoms with Crippen LogP contribution in [0.3, 0.4) is 0 Å². The van der Waals surface area contributed by atoms with Gasteiger partial charge in [0, 0.05) is 0 Å². The van der Waals surface area contributed by atoms with Crippen molar-refractivity contribution in [3.8, 4) is 0 Å². The number of nitrogens with two attached hydrogens (primary N) is 2. The molecule has 0 spiro atoms. The SMILES string of the molecule is NC(=O)C[C@H](NC(=O)C(Cl)Cl)C(=O)OC(=O)[C@H](CC(N)=O)NC(=O)C(Cl)Cl. The van der Waals surface area contributed by atoms with Crippen LogP contribution in [0.4, 0.5) is 0 Å². The van der Waals surface area contributed by atoms with Crippen LogP contribution in [-0.2, 0) is 33.5 Å². The van der Waals surface area contributed by atoms with E-state index < -0.39 is 70.2 Å². The molecule has 0 fully saturated rings. The van der Waals surface area contributed by atoms with Crippen molar-refractivity contribution >= 4 is 82.0 Å². The van der Waals surface area contributed by atoms with Gasteiger partial charge in [-0.15, -0.1) is 0 Å². The molecule has 0 saturated carbocycles. The Hall–Kier alpha value is -1.82. The number of ether oxygens (including phenoxy) is 1. The number of carbonyl (C=O) groups excluding carboxylic acids is 6. The minimum atomic E-state index is -1.71. The smallest absolute Gasteiger partial charge is 0.336 e. The fourth-order valence-corrected chi connectivity index (χ4v) is 1.75. The third-order valence-electron chi connectivity index (χ3n) is 2.61. The van der Waals surface area contributed by atoms with Gasteiger partial charge in [0.2, 0.25) is 11.8 Å². The van der Waals surface area contributed by atoms with Gasteiger partial charge in [-0.05, 0) is 0 Å². The Kier molecular flexibility index (Phi) is 11.0. The molecule has 0 aromatic carbocycles. The Morgan fingerprint density at radius 2 is 1.00 bits per heavy atom. The average Bonchev–Trinajstić information content (AvgIpc) is 2.51. The number of hydrogen-bond donors (Lipinski definition) is 4. The maximum absolute atomic E-state index is 12.0. The lowest BCUT2D eigenvalue weighted by Crippen LogP contribution is -2.50. The minimum Gasteiger partial charge on any atom is -0.390 e. The molecule has 0 rings (SSSR count). The van der Waals surface area contributed by atoms with Gasteiger partial charge in [-0.3, -0.25) is 19.2 Å². The van der Waals surface area contributed by atoms with Crippen molar-refractivity contribution in [2.75, 3.05) is 0 Å². The van der Waals surface area contributed by atoms with E-state index in [1.54, 1.807) is 0 Å². The predicted octanol–water partition coefficient (Wildman–Crippen LogP) is -1.62. The molecule has 0 saturated heterocycles. The standard InChI is InChI=1S/C12H14Cl4N4O7/c13-7(14)9(23)19-3(1-5(17)21)11(25)27-12(26)4(2-6(18)22)20-10(24)8(15)16/h3-4,7-8H,1-2H2,(H2,17,21)(H2,18,22)(H,19,23)(H,20,24)/t3-,4-/m0/s1. The summed E-state index contributed by atoms with van der Waals surface area (Å²) < 4.78 is 4.44. The molecule has 152 valence electrons. The van der Waals surface area contributed by atoms with Gasteiger partial charge in [-0.1, -0.05) is 46.4 Å². The van der Waals surface area contributed by atoms with Gasteiger partial charge in [0.05, 0.1) is 12.8 Å². The lowest BCUT2D eigenvalue weighted by molar-refractivity contribution is -0.165. The molecular formula is C12H14Cl4N4O7. The third-order valence-corrected chi connectivity index (χ3v) is 3.40. The summed E-state index contributed by atoms with van der Waals surface area (Å²) in [7, 11) is 0. The normalized spacial score (nSPS) is 12.8. The van der Waals surface area contributed by atoms with Crippen molar-refractivity contribution in [1.29, 1.82) is 0 Å². The summed E-state index contributed by atoms with van der Waals surface area (Å²) in [5.74, 6) is -7.05. The minimum absolute atomic E-state index is 0.753. The van der Waals surface area contributed by atoms with Gasteiger partial charge in [-0.25, -0.2) is 9.59 Å². The van der Waals surface area contributed by atoms with E-state index in [1.807, 2.05) is 10.6 Å². The zero-order valence-corrected chi connectivity index (χ0v) is 16.3. The van der Waals surface area contributed by atoms with Gasteiger partial charge in [0.25, 0.3) is 11.8 Å². The molecule has 0 radical (unpaired) electrons. The number of alkyl halides is 4. The van der Waals surface area contributed by atoms with Crippen molar-refractivity contribution in [3.63, 3.8) is 0 Å². The van der Waals surface area contributed by atoms with E-state index >= 15 is 0 Å². The van der Waals surface area contributed by atoms with E-state index in [1.165, 1.54) is 0 Å². The Labute approximate surface area is 172 Å². The molecule has 0 bridgehead atoms. The fourth-order valence-electron chi connectivity index (χ4n) is 1.50. The molecule has 0 aromatic rings. The van der Waals surface area contributed by atoms with E-state index in [2.05, 4.69) is 4.74 Å². The van der Waals surface area contributed by atoms with Gasteiger partial charge in [0.1, 0.15) is 12.1 Å². The molecular weight excluding hydrogens is 454 g/mol. The first-order valence-corrected chi connectivity index (χ1v) is 8.58. The van der Waals surface area contributed by atoms with Crippen molar-refractivity contribution < 1.29 is 33.5 Å². The first-order valence-electron chi connectivity index (χ1n) is 6.84. The van der Waals surface area contributed by atoms with E-state index in [4.69, 9.17) is 57.9 Å². The lowest BCUT2D eigenvalue weighted by atomic mass is 10.2. The van der Waals surface area contributed by atoms with E-state index in [0.717, 1.165) is 0 Å². The highest BCUT2D eigenvalue weighted by Crippen LogP contribution is 2.07. The topological polar surface area (TPSA) is 188 Å². The molecule has 2 atom stereocenters. The van der Waals surface area contributed by atoms with E-state index in [-0.39, 0.29) is 0 Å². The van der Waals surface area contributed by atoms with Gasteiger partial charge in [-0.2, -0.15) is 0 Å². The summed E-state index contributed by atoms with van der Waals surface area (Å²) in [4.78, 5) is 65.8. The summed E-state index contributed by atoms with van der Waals surface area (Å²) in [6.07, 6.45) is -1.51. The number of hydrogen-bond acceptors (Lipinski definition) is 7. The van der Waals surface area contributed by atoms with Crippen molar-refractivity contribution in [2.24, 2.45) is 11.5 Å². The van der Waals surface area contributed by atoms with Crippen LogP contribution in [0.15, 0.2) is 0 Å². The monoisotopic (exact) mass is 466 g/mol. The maximum Gasteiger partial charge on any atom is 0.336 e. The van der Waals surface area contributed by atoms with Crippen molar-refractivity contribution in [1.82, 2.24) is 10.6 Å². The highest BCUT2D eigenvalue weighted by Gasteiger charge is 2.32. The summed E-state index contributed by atoms with van der Waals surface area (Å²) >= 11 is 21.2. The molecule has 0 aliphatic carbocycles. The maximum atomic E-state index is 12.0. The zero-order chi connectivity index (χ0) is 21.3. The zero-order valence-electron chi connectivity index (χ0n) is 13.2. The fraction of sp³-hybridized carbons (Fsp3) is 0.500. The third kappa shape index (κ3) is 10.2. The second-order valence-electron chi connectivity index (χ2n) is 4.80. The van der Waals surface area contributed by atoms with Crippen LogP contribution in [0.25, 0.3) is 0 Å². The van der Waals surface area contributed by atoms with Crippen LogP contribution in [0.5, 0.6) is 0 Å². The number of amides is 4. The second-order valence-corrected chi connectivity index (χ2v) is 7.00. The highest BCUT2D eigenvalue weighted by molar-refractivity contribution is 6.54. The summed E-state index contributed by atoms with van der Waals surface area (Å²) in [6, 6.07) is -3.42. The summed E-state index contributed by atoms with van der Waals surface area (Å²) in [5, 5.41) is 3.88. The van der Waals surface area contributed by atoms with Crippen LogP contribution < -0.4 is 22.1 Å².